The maximum Gasteiger partial charge on any atom is 0.0728 e. The highest BCUT2D eigenvalue weighted by molar-refractivity contribution is 6.34. The fourth-order valence-corrected chi connectivity index (χ4v) is 1.33. The van der Waals surface area contributed by atoms with Crippen LogP contribution in [0.15, 0.2) is 12.3 Å². The van der Waals surface area contributed by atoms with Crippen LogP contribution in [0.3, 0.4) is 0 Å². The van der Waals surface area contributed by atoms with Crippen molar-refractivity contribution in [2.24, 2.45) is 5.73 Å². The average molecular weight is 220 g/mol. The normalized spacial score (nSPS) is 10.4. The van der Waals surface area contributed by atoms with Crippen molar-refractivity contribution < 1.29 is 0 Å². The third kappa shape index (κ3) is 3.48. The van der Waals surface area contributed by atoms with Gasteiger partial charge in [0.2, 0.25) is 0 Å². The van der Waals surface area contributed by atoms with Crippen LogP contribution < -0.4 is 11.1 Å². The van der Waals surface area contributed by atoms with Crippen LogP contribution in [0, 0.1) is 0 Å². The van der Waals surface area contributed by atoms with Crippen molar-refractivity contribution in [3.63, 3.8) is 0 Å². The fraction of sp³-hybridized carbons (Fsp3) is 0.375. The average Bonchev–Trinajstić information content (AvgIpc) is 2.09. The number of halogens is 2. The molecule has 0 saturated carbocycles. The van der Waals surface area contributed by atoms with Crippen molar-refractivity contribution >= 4 is 23.2 Å². The van der Waals surface area contributed by atoms with E-state index in [1.54, 1.807) is 12.3 Å². The molecule has 0 atom stereocenters. The first-order chi connectivity index (χ1) is 6.24. The smallest absolute Gasteiger partial charge is 0.0728 e. The summed E-state index contributed by atoms with van der Waals surface area (Å²) in [6.45, 7) is 1.97. The van der Waals surface area contributed by atoms with Crippen LogP contribution in [-0.2, 0) is 6.54 Å². The summed E-state index contributed by atoms with van der Waals surface area (Å²) in [4.78, 5) is 4.08. The van der Waals surface area contributed by atoms with Gasteiger partial charge in [-0.15, -0.1) is 0 Å². The quantitative estimate of drug-likeness (QED) is 0.755. The molecule has 5 heteroatoms. The minimum Gasteiger partial charge on any atom is -0.329 e. The second kappa shape index (κ2) is 5.40. The topological polar surface area (TPSA) is 50.9 Å². The van der Waals surface area contributed by atoms with Crippen LogP contribution in [0.1, 0.15) is 5.69 Å². The number of hydrogen-bond donors (Lipinski definition) is 2. The van der Waals surface area contributed by atoms with Gasteiger partial charge in [0.15, 0.2) is 0 Å². The van der Waals surface area contributed by atoms with E-state index in [1.807, 2.05) is 0 Å². The Kier molecular flexibility index (Phi) is 4.45. The molecule has 13 heavy (non-hydrogen) atoms. The number of nitrogens with zero attached hydrogens (tertiary/aromatic N) is 1. The van der Waals surface area contributed by atoms with E-state index in [-0.39, 0.29) is 0 Å². The van der Waals surface area contributed by atoms with E-state index in [9.17, 15) is 0 Å². The molecule has 0 aliphatic carbocycles. The van der Waals surface area contributed by atoms with Gasteiger partial charge in [-0.2, -0.15) is 0 Å². The third-order valence-corrected chi connectivity index (χ3v) is 2.03. The Hall–Kier alpha value is -0.350. The van der Waals surface area contributed by atoms with Gasteiger partial charge in [0.1, 0.15) is 0 Å². The van der Waals surface area contributed by atoms with Gasteiger partial charge < -0.3 is 11.1 Å². The summed E-state index contributed by atoms with van der Waals surface area (Å²) in [7, 11) is 0. The van der Waals surface area contributed by atoms with Gasteiger partial charge in [-0.05, 0) is 6.07 Å². The van der Waals surface area contributed by atoms with Crippen LogP contribution in [0.5, 0.6) is 0 Å². The van der Waals surface area contributed by atoms with Gasteiger partial charge in [-0.3, -0.25) is 4.98 Å². The molecule has 0 aliphatic heterocycles. The minimum absolute atomic E-state index is 0.549. The van der Waals surface area contributed by atoms with Gasteiger partial charge in [0.05, 0.1) is 15.7 Å². The number of nitrogens with one attached hydrogen (secondary N) is 1. The van der Waals surface area contributed by atoms with Gasteiger partial charge in [0.25, 0.3) is 0 Å². The first-order valence-electron chi connectivity index (χ1n) is 3.94. The minimum atomic E-state index is 0.549. The monoisotopic (exact) mass is 219 g/mol. The maximum absolute atomic E-state index is 5.89. The molecule has 0 spiro atoms. The van der Waals surface area contributed by atoms with Crippen molar-refractivity contribution in [2.75, 3.05) is 13.1 Å². The highest BCUT2D eigenvalue weighted by atomic mass is 35.5. The van der Waals surface area contributed by atoms with E-state index in [0.717, 1.165) is 12.2 Å². The zero-order chi connectivity index (χ0) is 9.68. The van der Waals surface area contributed by atoms with Crippen LogP contribution in [0.4, 0.5) is 0 Å². The summed E-state index contributed by atoms with van der Waals surface area (Å²) in [6, 6.07) is 1.68. The van der Waals surface area contributed by atoms with E-state index in [1.165, 1.54) is 0 Å². The summed E-state index contributed by atoms with van der Waals surface area (Å²) in [5.74, 6) is 0. The first kappa shape index (κ1) is 10.7. The van der Waals surface area contributed by atoms with Crippen molar-refractivity contribution in [3.05, 3.63) is 28.0 Å². The predicted molar refractivity (Wildman–Crippen MR) is 55.0 cm³/mol. The second-order valence-electron chi connectivity index (χ2n) is 2.55. The Morgan fingerprint density at radius 3 is 2.85 bits per heavy atom. The van der Waals surface area contributed by atoms with Crippen LogP contribution in [0.25, 0.3) is 0 Å². The van der Waals surface area contributed by atoms with Gasteiger partial charge in [-0.1, -0.05) is 23.2 Å². The highest BCUT2D eigenvalue weighted by Crippen LogP contribution is 2.17. The number of hydrogen-bond acceptors (Lipinski definition) is 3. The van der Waals surface area contributed by atoms with E-state index >= 15 is 0 Å². The Labute approximate surface area is 87.2 Å². The van der Waals surface area contributed by atoms with E-state index in [4.69, 9.17) is 28.9 Å². The third-order valence-electron chi connectivity index (χ3n) is 1.50. The number of aromatic nitrogens is 1. The van der Waals surface area contributed by atoms with Crippen molar-refractivity contribution in [1.29, 1.82) is 0 Å². The molecule has 72 valence electrons. The molecule has 1 rings (SSSR count). The Morgan fingerprint density at radius 1 is 1.46 bits per heavy atom. The molecular weight excluding hydrogens is 209 g/mol. The van der Waals surface area contributed by atoms with E-state index in [2.05, 4.69) is 10.3 Å². The second-order valence-corrected chi connectivity index (χ2v) is 3.39. The Balaban J connectivity index is 2.56. The molecule has 0 saturated heterocycles. The number of nitrogens with two attached hydrogens (primary N) is 1. The lowest BCUT2D eigenvalue weighted by Gasteiger charge is -2.04. The van der Waals surface area contributed by atoms with Gasteiger partial charge in [0, 0.05) is 25.8 Å². The lowest BCUT2D eigenvalue weighted by molar-refractivity contribution is 0.682. The summed E-state index contributed by atoms with van der Waals surface area (Å²) in [5, 5.41) is 4.23. The molecule has 3 N–H and O–H groups in total. The molecule has 3 nitrogen and oxygen atoms in total. The molecule has 0 aromatic carbocycles. The lowest BCUT2D eigenvalue weighted by atomic mass is 10.3. The SMILES string of the molecule is NCCNCc1ncc(Cl)cc1Cl. The van der Waals surface area contributed by atoms with E-state index < -0.39 is 0 Å². The van der Waals surface area contributed by atoms with Crippen LogP contribution >= 0.6 is 23.2 Å². The number of rotatable bonds is 4. The maximum atomic E-state index is 5.89. The highest BCUT2D eigenvalue weighted by Gasteiger charge is 2.01. The van der Waals surface area contributed by atoms with Crippen LogP contribution in [-0.4, -0.2) is 18.1 Å². The lowest BCUT2D eigenvalue weighted by Crippen LogP contribution is -2.22. The summed E-state index contributed by atoms with van der Waals surface area (Å²) in [5.41, 5.74) is 6.11. The first-order valence-corrected chi connectivity index (χ1v) is 4.70. The molecule has 1 heterocycles. The van der Waals surface area contributed by atoms with Crippen molar-refractivity contribution in [2.45, 2.75) is 6.54 Å². The summed E-state index contributed by atoms with van der Waals surface area (Å²) >= 11 is 11.6. The fourth-order valence-electron chi connectivity index (χ4n) is 0.882. The molecule has 1 aromatic rings. The Bertz CT molecular complexity index is 278. The molecular formula is C8H11Cl2N3. The summed E-state index contributed by atoms with van der Waals surface area (Å²) < 4.78 is 0. The molecule has 0 unspecified atom stereocenters. The molecule has 0 bridgehead atoms. The van der Waals surface area contributed by atoms with Crippen LogP contribution in [0.2, 0.25) is 10.0 Å². The zero-order valence-electron chi connectivity index (χ0n) is 7.06. The largest absolute Gasteiger partial charge is 0.329 e. The molecule has 0 fully saturated rings. The molecule has 0 aliphatic rings. The molecule has 1 aromatic heterocycles. The van der Waals surface area contributed by atoms with Gasteiger partial charge in [-0.25, -0.2) is 0 Å². The van der Waals surface area contributed by atoms with E-state index in [0.29, 0.717) is 23.1 Å². The molecule has 0 radical (unpaired) electrons. The predicted octanol–water partition coefficient (Wildman–Crippen LogP) is 1.44. The Morgan fingerprint density at radius 2 is 2.23 bits per heavy atom. The molecule has 0 amide bonds. The van der Waals surface area contributed by atoms with Gasteiger partial charge >= 0.3 is 0 Å². The van der Waals surface area contributed by atoms with Crippen molar-refractivity contribution in [3.8, 4) is 0 Å². The number of pyridine rings is 1. The van der Waals surface area contributed by atoms with Crippen molar-refractivity contribution in [1.82, 2.24) is 10.3 Å². The summed E-state index contributed by atoms with van der Waals surface area (Å²) in [6.07, 6.45) is 1.58. The zero-order valence-corrected chi connectivity index (χ0v) is 8.57. The standard InChI is InChI=1S/C8H11Cl2N3/c9-6-3-7(10)8(13-4-6)5-12-2-1-11/h3-4,12H,1-2,5,11H2.